The summed E-state index contributed by atoms with van der Waals surface area (Å²) in [7, 11) is 4.14. The van der Waals surface area contributed by atoms with Crippen molar-refractivity contribution in [2.45, 2.75) is 13.0 Å². The van der Waals surface area contributed by atoms with Crippen molar-refractivity contribution in [3.63, 3.8) is 0 Å². The molecule has 0 aliphatic carbocycles. The van der Waals surface area contributed by atoms with E-state index in [1.54, 1.807) is 23.5 Å². The second kappa shape index (κ2) is 12.3. The number of rotatable bonds is 10. The second-order valence-electron chi connectivity index (χ2n) is 9.86. The first-order chi connectivity index (χ1) is 19.0. The molecule has 0 radical (unpaired) electrons. The van der Waals surface area contributed by atoms with Crippen molar-refractivity contribution in [2.75, 3.05) is 61.6 Å². The number of carbonyl (C=O) groups is 1. The molecule has 1 aromatic heterocycles. The molecule has 0 spiro atoms. The molecule has 0 bridgehead atoms. The summed E-state index contributed by atoms with van der Waals surface area (Å²) in [6.07, 6.45) is 0.989. The maximum Gasteiger partial charge on any atom is 0.335 e. The van der Waals surface area contributed by atoms with Gasteiger partial charge in [0.25, 0.3) is 0 Å². The molecule has 3 aromatic carbocycles. The Balaban J connectivity index is 1.14. The van der Waals surface area contributed by atoms with Gasteiger partial charge in [0.1, 0.15) is 0 Å². The minimum atomic E-state index is -0.911. The van der Waals surface area contributed by atoms with E-state index in [0.29, 0.717) is 12.1 Å². The fourth-order valence-corrected chi connectivity index (χ4v) is 5.48. The molecule has 1 aliphatic rings. The first-order valence-electron chi connectivity index (χ1n) is 13.2. The van der Waals surface area contributed by atoms with Crippen molar-refractivity contribution >= 4 is 33.8 Å². The van der Waals surface area contributed by atoms with Crippen LogP contribution in [0.2, 0.25) is 0 Å². The number of likely N-dealkylation sites (N-methyl/N-ethyl adjacent to an activating group) is 1. The topological polar surface area (TPSA) is 69.1 Å². The molecule has 0 saturated carbocycles. The van der Waals surface area contributed by atoms with Crippen LogP contribution in [0.15, 0.2) is 78.2 Å². The number of ether oxygens (including phenoxy) is 1. The van der Waals surface area contributed by atoms with Crippen LogP contribution in [-0.4, -0.2) is 63.0 Å². The van der Waals surface area contributed by atoms with Crippen LogP contribution in [0, 0.1) is 0 Å². The first kappa shape index (κ1) is 26.7. The predicted molar refractivity (Wildman–Crippen MR) is 160 cm³/mol. The molecule has 39 heavy (non-hydrogen) atoms. The molecular formula is C31H34N4O3S. The molecule has 0 amide bonds. The highest BCUT2D eigenvalue weighted by molar-refractivity contribution is 7.14. The van der Waals surface area contributed by atoms with Gasteiger partial charge in [-0.1, -0.05) is 36.4 Å². The third-order valence-electron chi connectivity index (χ3n) is 7.09. The molecule has 202 valence electrons. The van der Waals surface area contributed by atoms with Gasteiger partial charge in [0.2, 0.25) is 0 Å². The van der Waals surface area contributed by atoms with E-state index in [-0.39, 0.29) is 0 Å². The zero-order valence-electron chi connectivity index (χ0n) is 22.4. The smallest absolute Gasteiger partial charge is 0.335 e. The molecule has 8 heteroatoms. The van der Waals surface area contributed by atoms with Gasteiger partial charge in [-0.25, -0.2) is 9.78 Å². The summed E-state index contributed by atoms with van der Waals surface area (Å²) >= 11 is 1.61. The number of aromatic nitrogens is 1. The first-order valence-corrected chi connectivity index (χ1v) is 14.1. The third kappa shape index (κ3) is 6.77. The number of morpholine rings is 1. The molecule has 0 unspecified atom stereocenters. The zero-order valence-corrected chi connectivity index (χ0v) is 23.2. The van der Waals surface area contributed by atoms with Crippen LogP contribution >= 0.6 is 11.3 Å². The Morgan fingerprint density at radius 3 is 2.26 bits per heavy atom. The van der Waals surface area contributed by atoms with Crippen molar-refractivity contribution in [3.05, 3.63) is 94.9 Å². The summed E-state index contributed by atoms with van der Waals surface area (Å²) in [6, 6.07) is 24.5. The van der Waals surface area contributed by atoms with Crippen molar-refractivity contribution in [1.82, 2.24) is 4.98 Å². The quantitative estimate of drug-likeness (QED) is 0.277. The maximum absolute atomic E-state index is 11.1. The lowest BCUT2D eigenvalue weighted by molar-refractivity contribution is 0.0697. The molecule has 4 aromatic rings. The summed E-state index contributed by atoms with van der Waals surface area (Å²) in [5, 5.41) is 12.1. The average Bonchev–Trinajstić information content (AvgIpc) is 3.48. The summed E-state index contributed by atoms with van der Waals surface area (Å²) in [4.78, 5) is 22.7. The third-order valence-corrected chi connectivity index (χ3v) is 8.05. The lowest BCUT2D eigenvalue weighted by Crippen LogP contribution is -2.36. The summed E-state index contributed by atoms with van der Waals surface area (Å²) in [5.74, 6) is -0.911. The molecule has 7 nitrogen and oxygen atoms in total. The highest BCUT2D eigenvalue weighted by atomic mass is 32.1. The SMILES string of the molecule is CN(CCc1ccc(N2CCOCC2)cc1)c1ccc(-c2csc(N(C)Cc3ccc(C(=O)O)cc3)n2)cc1. The minimum absolute atomic E-state index is 0.296. The van der Waals surface area contributed by atoms with Gasteiger partial charge in [-0.2, -0.15) is 0 Å². The fourth-order valence-electron chi connectivity index (χ4n) is 4.67. The zero-order chi connectivity index (χ0) is 27.2. The standard InChI is InChI=1S/C31H34N4O3S/c1-33(16-15-23-5-11-28(12-6-23)35-17-19-38-20-18-35)27-13-9-25(10-14-27)29-22-39-31(32-29)34(2)21-24-3-7-26(8-4-24)30(36)37/h3-14,22H,15-21H2,1-2H3,(H,36,37). The Morgan fingerprint density at radius 1 is 0.923 bits per heavy atom. The molecule has 1 N–H and O–H groups in total. The predicted octanol–water partition coefficient (Wildman–Crippen LogP) is 5.66. The van der Waals surface area contributed by atoms with E-state index >= 15 is 0 Å². The van der Waals surface area contributed by atoms with E-state index in [4.69, 9.17) is 14.8 Å². The van der Waals surface area contributed by atoms with Gasteiger partial charge < -0.3 is 24.5 Å². The number of aromatic carboxylic acids is 1. The number of thiazole rings is 1. The number of anilines is 3. The number of carboxylic acids is 1. The molecule has 2 heterocycles. The fraction of sp³-hybridized carbons (Fsp3) is 0.290. The maximum atomic E-state index is 11.1. The Hall–Kier alpha value is -3.88. The van der Waals surface area contributed by atoms with Crippen molar-refractivity contribution in [2.24, 2.45) is 0 Å². The van der Waals surface area contributed by atoms with Gasteiger partial charge in [0, 0.05) is 62.6 Å². The Bertz CT molecular complexity index is 1360. The van der Waals surface area contributed by atoms with Crippen LogP contribution in [0.1, 0.15) is 21.5 Å². The van der Waals surface area contributed by atoms with Gasteiger partial charge in [0.15, 0.2) is 5.13 Å². The van der Waals surface area contributed by atoms with Crippen molar-refractivity contribution in [1.29, 1.82) is 0 Å². The minimum Gasteiger partial charge on any atom is -0.478 e. The number of hydrogen-bond donors (Lipinski definition) is 1. The number of carboxylic acid groups (broad SMARTS) is 1. The summed E-state index contributed by atoms with van der Waals surface area (Å²) in [5.41, 5.74) is 7.18. The van der Waals surface area contributed by atoms with Gasteiger partial charge in [-0.15, -0.1) is 11.3 Å². The summed E-state index contributed by atoms with van der Waals surface area (Å²) < 4.78 is 5.46. The van der Waals surface area contributed by atoms with Crippen LogP contribution in [-0.2, 0) is 17.7 Å². The number of benzene rings is 3. The van der Waals surface area contributed by atoms with Gasteiger partial charge >= 0.3 is 5.97 Å². The lowest BCUT2D eigenvalue weighted by Gasteiger charge is -2.29. The second-order valence-corrected chi connectivity index (χ2v) is 10.7. The van der Waals surface area contributed by atoms with Crippen LogP contribution in [0.5, 0.6) is 0 Å². The normalized spacial score (nSPS) is 13.3. The number of hydrogen-bond acceptors (Lipinski definition) is 7. The molecule has 1 fully saturated rings. The monoisotopic (exact) mass is 542 g/mol. The van der Waals surface area contributed by atoms with E-state index in [9.17, 15) is 4.79 Å². The molecule has 1 aliphatic heterocycles. The van der Waals surface area contributed by atoms with Gasteiger partial charge in [-0.05, 0) is 53.9 Å². The number of nitrogens with zero attached hydrogens (tertiary/aromatic N) is 4. The summed E-state index contributed by atoms with van der Waals surface area (Å²) in [6.45, 7) is 5.13. The molecular weight excluding hydrogens is 508 g/mol. The van der Waals surface area contributed by atoms with E-state index in [1.807, 2.05) is 19.2 Å². The lowest BCUT2D eigenvalue weighted by atomic mass is 10.1. The molecule has 0 atom stereocenters. The van der Waals surface area contributed by atoms with Crippen LogP contribution < -0.4 is 14.7 Å². The van der Waals surface area contributed by atoms with E-state index in [0.717, 1.165) is 61.2 Å². The Kier molecular flexibility index (Phi) is 8.44. The molecule has 5 rings (SSSR count). The van der Waals surface area contributed by atoms with Crippen molar-refractivity contribution in [3.8, 4) is 11.3 Å². The Morgan fingerprint density at radius 2 is 1.59 bits per heavy atom. The average molecular weight is 543 g/mol. The largest absolute Gasteiger partial charge is 0.478 e. The highest BCUT2D eigenvalue weighted by Crippen LogP contribution is 2.29. The van der Waals surface area contributed by atoms with Crippen LogP contribution in [0.3, 0.4) is 0 Å². The van der Waals surface area contributed by atoms with Gasteiger partial charge in [0.05, 0.1) is 24.5 Å². The van der Waals surface area contributed by atoms with Crippen molar-refractivity contribution < 1.29 is 14.6 Å². The highest BCUT2D eigenvalue weighted by Gasteiger charge is 2.12. The Labute approximate surface area is 233 Å². The van der Waals surface area contributed by atoms with Gasteiger partial charge in [-0.3, -0.25) is 0 Å². The van der Waals surface area contributed by atoms with Crippen LogP contribution in [0.25, 0.3) is 11.3 Å². The van der Waals surface area contributed by atoms with Crippen LogP contribution in [0.4, 0.5) is 16.5 Å². The van der Waals surface area contributed by atoms with E-state index in [2.05, 4.69) is 75.7 Å². The molecule has 1 saturated heterocycles. The van der Waals surface area contributed by atoms with E-state index < -0.39 is 5.97 Å². The van der Waals surface area contributed by atoms with E-state index in [1.165, 1.54) is 16.9 Å².